The number of aliphatic hydroxyl groups excluding tert-OH is 1. The maximum atomic E-state index is 13.3. The van der Waals surface area contributed by atoms with Crippen LogP contribution in [0, 0.1) is 11.6 Å². The van der Waals surface area contributed by atoms with E-state index >= 15 is 0 Å². The van der Waals surface area contributed by atoms with Crippen LogP contribution in [0.4, 0.5) is 8.78 Å². The molecule has 0 heterocycles. The Bertz CT molecular complexity index is 326. The summed E-state index contributed by atoms with van der Waals surface area (Å²) in [5.74, 6) is -1.13. The van der Waals surface area contributed by atoms with Crippen molar-refractivity contribution in [1.29, 1.82) is 0 Å². The van der Waals surface area contributed by atoms with Crippen LogP contribution in [0.1, 0.15) is 25.0 Å². The molecule has 0 saturated carbocycles. The summed E-state index contributed by atoms with van der Waals surface area (Å²) >= 11 is 0. The lowest BCUT2D eigenvalue weighted by Crippen LogP contribution is -2.31. The highest BCUT2D eigenvalue weighted by molar-refractivity contribution is 5.22. The van der Waals surface area contributed by atoms with E-state index < -0.39 is 17.7 Å². The molecule has 0 radical (unpaired) electrons. The number of halogens is 2. The van der Waals surface area contributed by atoms with Crippen LogP contribution in [-0.2, 0) is 0 Å². The smallest absolute Gasteiger partial charge is 0.129 e. The second-order valence-corrected chi connectivity index (χ2v) is 3.41. The van der Waals surface area contributed by atoms with E-state index in [0.29, 0.717) is 6.42 Å². The molecule has 2 unspecified atom stereocenters. The quantitative estimate of drug-likeness (QED) is 0.805. The molecular weight excluding hydrogens is 200 g/mol. The average Bonchev–Trinajstić information content (AvgIpc) is 2.23. The minimum Gasteiger partial charge on any atom is -0.387 e. The maximum Gasteiger partial charge on any atom is 0.129 e. The van der Waals surface area contributed by atoms with Crippen LogP contribution in [0.3, 0.4) is 0 Å². The van der Waals surface area contributed by atoms with Crippen LogP contribution < -0.4 is 5.32 Å². The predicted molar refractivity (Wildman–Crippen MR) is 54.5 cm³/mol. The third-order valence-corrected chi connectivity index (χ3v) is 2.47. The van der Waals surface area contributed by atoms with Gasteiger partial charge in [-0.2, -0.15) is 0 Å². The highest BCUT2D eigenvalue weighted by Gasteiger charge is 2.21. The third kappa shape index (κ3) is 2.73. The molecule has 0 spiro atoms. The average molecular weight is 215 g/mol. The van der Waals surface area contributed by atoms with Crippen molar-refractivity contribution in [2.75, 3.05) is 7.05 Å². The van der Waals surface area contributed by atoms with E-state index in [-0.39, 0.29) is 11.6 Å². The summed E-state index contributed by atoms with van der Waals surface area (Å²) in [4.78, 5) is 0. The standard InChI is InChI=1S/C11H15F2NO/c1-3-10(14-2)11(15)8-6-7(12)4-5-9(8)13/h4-6,10-11,14-15H,3H2,1-2H3. The molecule has 1 rings (SSSR count). The Balaban J connectivity index is 2.98. The summed E-state index contributed by atoms with van der Waals surface area (Å²) in [5, 5.41) is 12.7. The molecule has 15 heavy (non-hydrogen) atoms. The van der Waals surface area contributed by atoms with Crippen molar-refractivity contribution in [3.05, 3.63) is 35.4 Å². The van der Waals surface area contributed by atoms with Gasteiger partial charge in [-0.15, -0.1) is 0 Å². The molecule has 0 aromatic heterocycles. The van der Waals surface area contributed by atoms with Gasteiger partial charge in [0.15, 0.2) is 0 Å². The van der Waals surface area contributed by atoms with Gasteiger partial charge in [-0.05, 0) is 31.7 Å². The van der Waals surface area contributed by atoms with Gasteiger partial charge in [0, 0.05) is 11.6 Å². The van der Waals surface area contributed by atoms with Crippen molar-refractivity contribution in [3.8, 4) is 0 Å². The Morgan fingerprint density at radius 3 is 2.60 bits per heavy atom. The van der Waals surface area contributed by atoms with E-state index in [2.05, 4.69) is 5.32 Å². The van der Waals surface area contributed by atoms with Crippen molar-refractivity contribution in [2.45, 2.75) is 25.5 Å². The van der Waals surface area contributed by atoms with Gasteiger partial charge in [0.05, 0.1) is 6.10 Å². The van der Waals surface area contributed by atoms with Crippen molar-refractivity contribution in [2.24, 2.45) is 0 Å². The minimum absolute atomic E-state index is 0.00352. The summed E-state index contributed by atoms with van der Waals surface area (Å²) in [7, 11) is 1.68. The molecule has 1 aromatic carbocycles. The van der Waals surface area contributed by atoms with Gasteiger partial charge in [-0.25, -0.2) is 8.78 Å². The zero-order valence-corrected chi connectivity index (χ0v) is 8.80. The Morgan fingerprint density at radius 1 is 1.40 bits per heavy atom. The van der Waals surface area contributed by atoms with Crippen molar-refractivity contribution in [1.82, 2.24) is 5.32 Å². The molecule has 0 bridgehead atoms. The molecule has 1 aromatic rings. The van der Waals surface area contributed by atoms with Gasteiger partial charge < -0.3 is 10.4 Å². The first-order valence-corrected chi connectivity index (χ1v) is 4.90. The van der Waals surface area contributed by atoms with Crippen LogP contribution in [0.25, 0.3) is 0 Å². The zero-order chi connectivity index (χ0) is 11.4. The topological polar surface area (TPSA) is 32.3 Å². The third-order valence-electron chi connectivity index (χ3n) is 2.47. The van der Waals surface area contributed by atoms with Gasteiger partial charge in [-0.1, -0.05) is 6.92 Å². The van der Waals surface area contributed by atoms with Crippen molar-refractivity contribution < 1.29 is 13.9 Å². The lowest BCUT2D eigenvalue weighted by atomic mass is 10.00. The monoisotopic (exact) mass is 215 g/mol. The van der Waals surface area contributed by atoms with Crippen molar-refractivity contribution >= 4 is 0 Å². The van der Waals surface area contributed by atoms with Crippen LogP contribution in [0.15, 0.2) is 18.2 Å². The molecule has 2 atom stereocenters. The largest absolute Gasteiger partial charge is 0.387 e. The molecule has 0 fully saturated rings. The van der Waals surface area contributed by atoms with Gasteiger partial charge in [0.1, 0.15) is 11.6 Å². The number of hydrogen-bond acceptors (Lipinski definition) is 2. The molecule has 2 nitrogen and oxygen atoms in total. The summed E-state index contributed by atoms with van der Waals surface area (Å²) < 4.78 is 26.2. The second kappa shape index (κ2) is 5.19. The zero-order valence-electron chi connectivity index (χ0n) is 8.80. The van der Waals surface area contributed by atoms with E-state index in [1.54, 1.807) is 7.05 Å². The van der Waals surface area contributed by atoms with Crippen LogP contribution in [0.2, 0.25) is 0 Å². The SMILES string of the molecule is CCC(NC)C(O)c1cc(F)ccc1F. The number of likely N-dealkylation sites (N-methyl/N-ethyl adjacent to an activating group) is 1. The van der Waals surface area contributed by atoms with E-state index in [1.165, 1.54) is 0 Å². The molecule has 0 amide bonds. The Labute approximate surface area is 87.9 Å². The highest BCUT2D eigenvalue weighted by atomic mass is 19.1. The fourth-order valence-electron chi connectivity index (χ4n) is 1.54. The Kier molecular flexibility index (Phi) is 4.17. The summed E-state index contributed by atoms with van der Waals surface area (Å²) in [6.07, 6.45) is -0.399. The van der Waals surface area contributed by atoms with Gasteiger partial charge in [0.25, 0.3) is 0 Å². The number of aliphatic hydroxyl groups is 1. The van der Waals surface area contributed by atoms with E-state index in [4.69, 9.17) is 0 Å². The lowest BCUT2D eigenvalue weighted by molar-refractivity contribution is 0.126. The normalized spacial score (nSPS) is 15.0. The molecule has 0 aliphatic rings. The van der Waals surface area contributed by atoms with Gasteiger partial charge in [-0.3, -0.25) is 0 Å². The fourth-order valence-corrected chi connectivity index (χ4v) is 1.54. The second-order valence-electron chi connectivity index (χ2n) is 3.41. The Morgan fingerprint density at radius 2 is 2.07 bits per heavy atom. The number of nitrogens with one attached hydrogen (secondary N) is 1. The first-order chi connectivity index (χ1) is 7.10. The lowest BCUT2D eigenvalue weighted by Gasteiger charge is -2.21. The number of benzene rings is 1. The summed E-state index contributed by atoms with van der Waals surface area (Å²) in [6.45, 7) is 1.86. The van der Waals surface area contributed by atoms with Crippen molar-refractivity contribution in [3.63, 3.8) is 0 Å². The fraction of sp³-hybridized carbons (Fsp3) is 0.455. The predicted octanol–water partition coefficient (Wildman–Crippen LogP) is 2.00. The molecule has 0 aliphatic carbocycles. The maximum absolute atomic E-state index is 13.3. The van der Waals surface area contributed by atoms with E-state index in [9.17, 15) is 13.9 Å². The molecule has 2 N–H and O–H groups in total. The molecule has 4 heteroatoms. The number of rotatable bonds is 4. The number of hydrogen-bond donors (Lipinski definition) is 2. The molecule has 84 valence electrons. The molecule has 0 aliphatic heterocycles. The van der Waals surface area contributed by atoms with E-state index in [0.717, 1.165) is 18.2 Å². The Hall–Kier alpha value is -1.00. The molecule has 0 saturated heterocycles. The van der Waals surface area contributed by atoms with Gasteiger partial charge in [0.2, 0.25) is 0 Å². The summed E-state index contributed by atoms with van der Waals surface area (Å²) in [6, 6.07) is 2.81. The highest BCUT2D eigenvalue weighted by Crippen LogP contribution is 2.22. The molecular formula is C11H15F2NO. The summed E-state index contributed by atoms with van der Waals surface area (Å²) in [5.41, 5.74) is -0.00352. The first-order valence-electron chi connectivity index (χ1n) is 4.90. The van der Waals surface area contributed by atoms with Crippen LogP contribution in [0.5, 0.6) is 0 Å². The minimum atomic E-state index is -1.03. The van der Waals surface area contributed by atoms with Crippen LogP contribution >= 0.6 is 0 Å². The van der Waals surface area contributed by atoms with Crippen LogP contribution in [-0.4, -0.2) is 18.2 Å². The van der Waals surface area contributed by atoms with E-state index in [1.807, 2.05) is 6.92 Å². The first kappa shape index (κ1) is 12.1. The van der Waals surface area contributed by atoms with Gasteiger partial charge >= 0.3 is 0 Å².